The second-order valence-electron chi connectivity index (χ2n) is 8.25. The molecule has 0 aromatic carbocycles. The van der Waals surface area contributed by atoms with Gasteiger partial charge in [-0.05, 0) is 70.8 Å². The second kappa shape index (κ2) is 8.33. The van der Waals surface area contributed by atoms with Gasteiger partial charge in [-0.3, -0.25) is 4.79 Å². The van der Waals surface area contributed by atoms with Crippen LogP contribution in [0.3, 0.4) is 0 Å². The van der Waals surface area contributed by atoms with Crippen LogP contribution in [0.1, 0.15) is 87.5 Å². The molecule has 3 heteroatoms. The van der Waals surface area contributed by atoms with E-state index in [4.69, 9.17) is 10.5 Å². The van der Waals surface area contributed by atoms with Crippen LogP contribution in [0, 0.1) is 16.7 Å². The summed E-state index contributed by atoms with van der Waals surface area (Å²) in [5.41, 5.74) is 5.19. The Morgan fingerprint density at radius 3 is 1.86 bits per heavy atom. The fourth-order valence-electron chi connectivity index (χ4n) is 3.45. The summed E-state index contributed by atoms with van der Waals surface area (Å²) in [6, 6.07) is 0. The maximum absolute atomic E-state index is 12.7. The van der Waals surface area contributed by atoms with Gasteiger partial charge >= 0.3 is 5.97 Å². The lowest BCUT2D eigenvalue weighted by Crippen LogP contribution is -2.43. The van der Waals surface area contributed by atoms with Crippen molar-refractivity contribution in [3.63, 3.8) is 0 Å². The molecule has 0 heterocycles. The lowest BCUT2D eigenvalue weighted by atomic mass is 9.74. The summed E-state index contributed by atoms with van der Waals surface area (Å²) in [6.45, 7) is 17.4. The Labute approximate surface area is 138 Å². The summed E-state index contributed by atoms with van der Waals surface area (Å²) in [4.78, 5) is 12.7. The molecule has 1 unspecified atom stereocenters. The van der Waals surface area contributed by atoms with Gasteiger partial charge in [0.25, 0.3) is 0 Å². The Balaban J connectivity index is 5.06. The van der Waals surface area contributed by atoms with Gasteiger partial charge in [-0.25, -0.2) is 0 Å². The van der Waals surface area contributed by atoms with Crippen LogP contribution in [0.2, 0.25) is 0 Å². The minimum Gasteiger partial charge on any atom is -0.459 e. The molecular formula is C19H39NO2. The molecule has 2 N–H and O–H groups in total. The first kappa shape index (κ1) is 21.4. The molecule has 0 aromatic heterocycles. The molecule has 0 aliphatic carbocycles. The predicted octanol–water partition coefficient (Wildman–Crippen LogP) is 4.93. The Morgan fingerprint density at radius 2 is 1.55 bits per heavy atom. The SMILES string of the molecule is CCC(CC)(CN)CC(C)(C)OC(=O)C(C)(CC)CC(C)C. The highest BCUT2D eigenvalue weighted by Gasteiger charge is 2.40. The van der Waals surface area contributed by atoms with Crippen LogP contribution >= 0.6 is 0 Å². The van der Waals surface area contributed by atoms with Crippen molar-refractivity contribution in [2.45, 2.75) is 93.1 Å². The first-order chi connectivity index (χ1) is 9.99. The van der Waals surface area contributed by atoms with Gasteiger partial charge in [-0.15, -0.1) is 0 Å². The number of esters is 1. The highest BCUT2D eigenvalue weighted by atomic mass is 16.6. The second-order valence-corrected chi connectivity index (χ2v) is 8.25. The van der Waals surface area contributed by atoms with Crippen LogP contribution < -0.4 is 5.73 Å². The van der Waals surface area contributed by atoms with Crippen LogP contribution in [0.15, 0.2) is 0 Å². The third-order valence-corrected chi connectivity index (χ3v) is 5.23. The van der Waals surface area contributed by atoms with E-state index in [0.717, 1.165) is 32.1 Å². The van der Waals surface area contributed by atoms with Crippen molar-refractivity contribution >= 4 is 5.97 Å². The van der Waals surface area contributed by atoms with E-state index in [9.17, 15) is 4.79 Å². The molecule has 0 rings (SSSR count). The molecule has 0 bridgehead atoms. The van der Waals surface area contributed by atoms with Gasteiger partial charge in [-0.1, -0.05) is 34.6 Å². The van der Waals surface area contributed by atoms with E-state index in [2.05, 4.69) is 34.6 Å². The predicted molar refractivity (Wildman–Crippen MR) is 94.7 cm³/mol. The van der Waals surface area contributed by atoms with Gasteiger partial charge in [0.15, 0.2) is 0 Å². The molecule has 132 valence electrons. The zero-order chi connectivity index (χ0) is 17.6. The van der Waals surface area contributed by atoms with Crippen molar-refractivity contribution in [3.8, 4) is 0 Å². The number of nitrogens with two attached hydrogens (primary N) is 1. The Hall–Kier alpha value is -0.570. The van der Waals surface area contributed by atoms with Crippen molar-refractivity contribution in [2.75, 3.05) is 6.54 Å². The Morgan fingerprint density at radius 1 is 1.05 bits per heavy atom. The monoisotopic (exact) mass is 313 g/mol. The van der Waals surface area contributed by atoms with E-state index in [-0.39, 0.29) is 11.4 Å². The zero-order valence-electron chi connectivity index (χ0n) is 16.2. The minimum absolute atomic E-state index is 0.0600. The summed E-state index contributed by atoms with van der Waals surface area (Å²) >= 11 is 0. The highest BCUT2D eigenvalue weighted by Crippen LogP contribution is 2.39. The Kier molecular flexibility index (Phi) is 8.11. The van der Waals surface area contributed by atoms with Crippen molar-refractivity contribution in [2.24, 2.45) is 22.5 Å². The van der Waals surface area contributed by atoms with E-state index < -0.39 is 11.0 Å². The Bertz CT molecular complexity index is 337. The molecule has 3 nitrogen and oxygen atoms in total. The molecule has 0 saturated heterocycles. The normalized spacial score (nSPS) is 15.7. The lowest BCUT2D eigenvalue weighted by Gasteiger charge is -2.40. The highest BCUT2D eigenvalue weighted by molar-refractivity contribution is 5.76. The number of carbonyl (C=O) groups is 1. The third-order valence-electron chi connectivity index (χ3n) is 5.23. The third kappa shape index (κ3) is 5.91. The number of hydrogen-bond acceptors (Lipinski definition) is 3. The van der Waals surface area contributed by atoms with Crippen LogP contribution in [-0.2, 0) is 9.53 Å². The lowest BCUT2D eigenvalue weighted by molar-refractivity contribution is -0.172. The molecule has 0 radical (unpaired) electrons. The van der Waals surface area contributed by atoms with Crippen molar-refractivity contribution in [3.05, 3.63) is 0 Å². The number of hydrogen-bond donors (Lipinski definition) is 1. The first-order valence-corrected chi connectivity index (χ1v) is 8.93. The molecule has 0 amide bonds. The van der Waals surface area contributed by atoms with Crippen LogP contribution in [0.4, 0.5) is 0 Å². The maximum Gasteiger partial charge on any atom is 0.312 e. The summed E-state index contributed by atoms with van der Waals surface area (Å²) in [6.07, 6.45) is 4.51. The van der Waals surface area contributed by atoms with E-state index in [0.29, 0.717) is 12.5 Å². The van der Waals surface area contributed by atoms with Crippen LogP contribution in [-0.4, -0.2) is 18.1 Å². The largest absolute Gasteiger partial charge is 0.459 e. The van der Waals surface area contributed by atoms with E-state index in [1.165, 1.54) is 0 Å². The number of ether oxygens (including phenoxy) is 1. The molecule has 0 fully saturated rings. The maximum atomic E-state index is 12.7. The first-order valence-electron chi connectivity index (χ1n) is 8.93. The van der Waals surface area contributed by atoms with Gasteiger partial charge < -0.3 is 10.5 Å². The summed E-state index contributed by atoms with van der Waals surface area (Å²) in [5.74, 6) is 0.418. The van der Waals surface area contributed by atoms with Crippen molar-refractivity contribution < 1.29 is 9.53 Å². The van der Waals surface area contributed by atoms with Crippen LogP contribution in [0.25, 0.3) is 0 Å². The van der Waals surface area contributed by atoms with E-state index in [1.807, 2.05) is 20.8 Å². The number of carbonyl (C=O) groups excluding carboxylic acids is 1. The smallest absolute Gasteiger partial charge is 0.312 e. The van der Waals surface area contributed by atoms with E-state index >= 15 is 0 Å². The number of rotatable bonds is 10. The average Bonchev–Trinajstić information content (AvgIpc) is 2.43. The van der Waals surface area contributed by atoms with E-state index in [1.54, 1.807) is 0 Å². The van der Waals surface area contributed by atoms with Gasteiger partial charge in [0, 0.05) is 0 Å². The van der Waals surface area contributed by atoms with Crippen LogP contribution in [0.5, 0.6) is 0 Å². The van der Waals surface area contributed by atoms with Gasteiger partial charge in [0.2, 0.25) is 0 Å². The molecule has 0 aromatic rings. The quantitative estimate of drug-likeness (QED) is 0.582. The van der Waals surface area contributed by atoms with Gasteiger partial charge in [0.05, 0.1) is 5.41 Å². The molecule has 0 spiro atoms. The molecule has 0 aliphatic rings. The fraction of sp³-hybridized carbons (Fsp3) is 0.947. The fourth-order valence-corrected chi connectivity index (χ4v) is 3.45. The molecule has 0 saturated carbocycles. The molecule has 1 atom stereocenters. The molecule has 22 heavy (non-hydrogen) atoms. The summed E-state index contributed by atoms with van der Waals surface area (Å²) in [7, 11) is 0. The summed E-state index contributed by atoms with van der Waals surface area (Å²) < 4.78 is 5.96. The van der Waals surface area contributed by atoms with Crippen molar-refractivity contribution in [1.82, 2.24) is 0 Å². The van der Waals surface area contributed by atoms with Gasteiger partial charge in [0.1, 0.15) is 5.60 Å². The van der Waals surface area contributed by atoms with Gasteiger partial charge in [-0.2, -0.15) is 0 Å². The topological polar surface area (TPSA) is 52.3 Å². The van der Waals surface area contributed by atoms with Crippen molar-refractivity contribution in [1.29, 1.82) is 0 Å². The molecular weight excluding hydrogens is 274 g/mol. The zero-order valence-corrected chi connectivity index (χ0v) is 16.2. The molecule has 0 aliphatic heterocycles. The minimum atomic E-state index is -0.476. The average molecular weight is 314 g/mol. The summed E-state index contributed by atoms with van der Waals surface area (Å²) in [5, 5.41) is 0. The standard InChI is InChI=1S/C19H39NO2/c1-9-18(8,12-15(4)5)16(21)22-17(6,7)13-19(10-2,11-3)14-20/h15H,9-14,20H2,1-8H3.